The Balaban J connectivity index is 1.90. The average Bonchev–Trinajstić information content (AvgIpc) is 2.42. The number of hydrogen-bond acceptors (Lipinski definition) is 2. The van der Waals surface area contributed by atoms with E-state index in [9.17, 15) is 9.50 Å². The van der Waals surface area contributed by atoms with E-state index in [0.29, 0.717) is 22.8 Å². The van der Waals surface area contributed by atoms with Gasteiger partial charge >= 0.3 is 0 Å². The fourth-order valence-corrected chi connectivity index (χ4v) is 2.77. The van der Waals surface area contributed by atoms with Gasteiger partial charge in [-0.05, 0) is 35.9 Å². The van der Waals surface area contributed by atoms with Gasteiger partial charge in [-0.3, -0.25) is 0 Å². The van der Waals surface area contributed by atoms with Gasteiger partial charge in [-0.2, -0.15) is 0 Å². The molecule has 0 spiro atoms. The first-order chi connectivity index (χ1) is 9.15. The van der Waals surface area contributed by atoms with E-state index in [1.807, 2.05) is 30.3 Å². The molecule has 0 fully saturated rings. The first-order valence-electron chi connectivity index (χ1n) is 5.95. The zero-order valence-electron chi connectivity index (χ0n) is 10.2. The van der Waals surface area contributed by atoms with Crippen LogP contribution in [-0.2, 0) is 6.42 Å². The number of aliphatic hydroxyl groups is 1. The highest BCUT2D eigenvalue weighted by molar-refractivity contribution is 7.99. The van der Waals surface area contributed by atoms with E-state index in [-0.39, 0.29) is 5.82 Å². The molecule has 100 valence electrons. The monoisotopic (exact) mass is 296 g/mol. The maximum Gasteiger partial charge on any atom is 0.123 e. The zero-order chi connectivity index (χ0) is 13.7. The molecule has 0 radical (unpaired) electrons. The van der Waals surface area contributed by atoms with Gasteiger partial charge in [0.25, 0.3) is 0 Å². The summed E-state index contributed by atoms with van der Waals surface area (Å²) in [4.78, 5) is 1.10. The Morgan fingerprint density at radius 2 is 1.89 bits per heavy atom. The van der Waals surface area contributed by atoms with Crippen molar-refractivity contribution in [3.8, 4) is 0 Å². The van der Waals surface area contributed by atoms with Gasteiger partial charge < -0.3 is 5.11 Å². The summed E-state index contributed by atoms with van der Waals surface area (Å²) >= 11 is 7.54. The minimum Gasteiger partial charge on any atom is -0.392 e. The first-order valence-corrected chi connectivity index (χ1v) is 7.31. The molecule has 2 aromatic carbocycles. The Hall–Kier alpha value is -1.03. The molecule has 0 saturated heterocycles. The molecule has 4 heteroatoms. The second-order valence-electron chi connectivity index (χ2n) is 4.22. The van der Waals surface area contributed by atoms with E-state index in [1.54, 1.807) is 11.8 Å². The third kappa shape index (κ3) is 4.53. The lowest BCUT2D eigenvalue weighted by Crippen LogP contribution is -2.13. The summed E-state index contributed by atoms with van der Waals surface area (Å²) in [7, 11) is 0. The molecule has 1 nitrogen and oxygen atoms in total. The van der Waals surface area contributed by atoms with Crippen molar-refractivity contribution >= 4 is 23.4 Å². The van der Waals surface area contributed by atoms with E-state index >= 15 is 0 Å². The summed E-state index contributed by atoms with van der Waals surface area (Å²) in [5.41, 5.74) is 0.642. The Morgan fingerprint density at radius 3 is 2.63 bits per heavy atom. The maximum atomic E-state index is 13.1. The van der Waals surface area contributed by atoms with Gasteiger partial charge in [0, 0.05) is 22.1 Å². The minimum absolute atomic E-state index is 0.331. The second-order valence-corrected chi connectivity index (χ2v) is 5.72. The lowest BCUT2D eigenvalue weighted by atomic mass is 10.1. The van der Waals surface area contributed by atoms with Crippen molar-refractivity contribution in [3.63, 3.8) is 0 Å². The molecular weight excluding hydrogens is 283 g/mol. The zero-order valence-corrected chi connectivity index (χ0v) is 11.8. The Labute approximate surface area is 121 Å². The van der Waals surface area contributed by atoms with Crippen LogP contribution in [0.2, 0.25) is 5.02 Å². The lowest BCUT2D eigenvalue weighted by Gasteiger charge is -2.11. The highest BCUT2D eigenvalue weighted by Crippen LogP contribution is 2.22. The molecule has 0 aromatic heterocycles. The van der Waals surface area contributed by atoms with Crippen LogP contribution in [0.4, 0.5) is 4.39 Å². The van der Waals surface area contributed by atoms with Crippen LogP contribution in [0.5, 0.6) is 0 Å². The largest absolute Gasteiger partial charge is 0.392 e. The molecule has 0 saturated carbocycles. The fourth-order valence-electron chi connectivity index (χ4n) is 1.72. The van der Waals surface area contributed by atoms with Crippen LogP contribution in [0.15, 0.2) is 53.4 Å². The third-order valence-corrected chi connectivity index (χ3v) is 4.17. The van der Waals surface area contributed by atoms with Crippen molar-refractivity contribution in [2.24, 2.45) is 0 Å². The van der Waals surface area contributed by atoms with Gasteiger partial charge in [0.2, 0.25) is 0 Å². The van der Waals surface area contributed by atoms with Crippen LogP contribution in [-0.4, -0.2) is 17.0 Å². The molecule has 0 aliphatic rings. The van der Waals surface area contributed by atoms with Gasteiger partial charge in [0.15, 0.2) is 0 Å². The topological polar surface area (TPSA) is 20.2 Å². The molecule has 2 aromatic rings. The summed E-state index contributed by atoms with van der Waals surface area (Å²) in [5, 5.41) is 10.5. The van der Waals surface area contributed by atoms with E-state index in [4.69, 9.17) is 11.6 Å². The quantitative estimate of drug-likeness (QED) is 0.836. The van der Waals surface area contributed by atoms with Crippen LogP contribution in [0.25, 0.3) is 0 Å². The van der Waals surface area contributed by atoms with Crippen LogP contribution in [0.3, 0.4) is 0 Å². The molecule has 0 amide bonds. The molecule has 0 aliphatic carbocycles. The summed E-state index contributed by atoms with van der Waals surface area (Å²) < 4.78 is 13.1. The first kappa shape index (κ1) is 14.4. The molecule has 0 heterocycles. The average molecular weight is 297 g/mol. The van der Waals surface area contributed by atoms with Crippen molar-refractivity contribution in [2.45, 2.75) is 17.4 Å². The maximum absolute atomic E-state index is 13.1. The van der Waals surface area contributed by atoms with Gasteiger partial charge in [-0.25, -0.2) is 4.39 Å². The molecule has 0 bridgehead atoms. The van der Waals surface area contributed by atoms with Gasteiger partial charge in [0.05, 0.1) is 6.10 Å². The summed E-state index contributed by atoms with van der Waals surface area (Å²) in [6.45, 7) is 0. The van der Waals surface area contributed by atoms with E-state index in [2.05, 4.69) is 0 Å². The van der Waals surface area contributed by atoms with Crippen LogP contribution < -0.4 is 0 Å². The summed E-state index contributed by atoms with van der Waals surface area (Å²) in [6.07, 6.45) is -0.194. The van der Waals surface area contributed by atoms with Gasteiger partial charge in [-0.15, -0.1) is 11.8 Å². The molecule has 0 aliphatic heterocycles. The predicted molar refractivity (Wildman–Crippen MR) is 78.3 cm³/mol. The van der Waals surface area contributed by atoms with E-state index in [1.165, 1.54) is 18.2 Å². The summed E-state index contributed by atoms with van der Waals surface area (Å²) in [6, 6.07) is 14.1. The molecule has 19 heavy (non-hydrogen) atoms. The van der Waals surface area contributed by atoms with E-state index in [0.717, 1.165) is 4.90 Å². The van der Waals surface area contributed by atoms with Crippen molar-refractivity contribution < 1.29 is 9.50 Å². The molecule has 1 atom stereocenters. The fraction of sp³-hybridized carbons (Fsp3) is 0.200. The summed E-state index contributed by atoms with van der Waals surface area (Å²) in [5.74, 6) is 0.221. The molecular formula is C15H14ClFOS. The van der Waals surface area contributed by atoms with Gasteiger partial charge in [-0.1, -0.05) is 29.8 Å². The number of thioether (sulfide) groups is 1. The second kappa shape index (κ2) is 6.94. The standard InChI is InChI=1S/C15H14ClFOS/c16-15-7-6-12(17)8-11(15)9-13(18)10-19-14-4-2-1-3-5-14/h1-8,13,18H,9-10H2. The van der Waals surface area contributed by atoms with E-state index < -0.39 is 6.10 Å². The number of aliphatic hydroxyl groups excluding tert-OH is 1. The van der Waals surface area contributed by atoms with Crippen LogP contribution in [0.1, 0.15) is 5.56 Å². The lowest BCUT2D eigenvalue weighted by molar-refractivity contribution is 0.200. The predicted octanol–water partition coefficient (Wildman–Crippen LogP) is 4.17. The van der Waals surface area contributed by atoms with Crippen LogP contribution in [0, 0.1) is 5.82 Å². The van der Waals surface area contributed by atoms with Crippen molar-refractivity contribution in [3.05, 3.63) is 64.9 Å². The normalized spacial score (nSPS) is 12.4. The Bertz CT molecular complexity index is 533. The van der Waals surface area contributed by atoms with Gasteiger partial charge in [0.1, 0.15) is 5.82 Å². The minimum atomic E-state index is -0.551. The Kier molecular flexibility index (Phi) is 5.25. The SMILES string of the molecule is OC(CSc1ccccc1)Cc1cc(F)ccc1Cl. The number of rotatable bonds is 5. The molecule has 1 N–H and O–H groups in total. The number of halogens is 2. The van der Waals surface area contributed by atoms with Crippen molar-refractivity contribution in [1.82, 2.24) is 0 Å². The highest BCUT2D eigenvalue weighted by Gasteiger charge is 2.10. The third-order valence-electron chi connectivity index (χ3n) is 2.65. The molecule has 2 rings (SSSR count). The number of hydrogen-bond donors (Lipinski definition) is 1. The highest BCUT2D eigenvalue weighted by atomic mass is 35.5. The van der Waals surface area contributed by atoms with Crippen LogP contribution >= 0.6 is 23.4 Å². The van der Waals surface area contributed by atoms with Crippen molar-refractivity contribution in [1.29, 1.82) is 0 Å². The van der Waals surface area contributed by atoms with Crippen molar-refractivity contribution in [2.75, 3.05) is 5.75 Å². The number of benzene rings is 2. The Morgan fingerprint density at radius 1 is 1.16 bits per heavy atom. The molecule has 1 unspecified atom stereocenters. The smallest absolute Gasteiger partial charge is 0.123 e.